The van der Waals surface area contributed by atoms with Gasteiger partial charge in [-0.2, -0.15) is 13.2 Å². The first-order valence-corrected chi connectivity index (χ1v) is 14.0. The summed E-state index contributed by atoms with van der Waals surface area (Å²) in [5.41, 5.74) is 5.70. The first-order valence-electron chi connectivity index (χ1n) is 14.0. The second-order valence-electron chi connectivity index (χ2n) is 11.1. The standard InChI is InChI=1S/C31H34F3N3O4/c1-18(2)40-26-15-22(16-36-28(26)30(35)38)39-17-20-9-7-19(8-10-20)11-14-24-27(37-41-29(24)21-12-13-21)23-5-3-4-6-25(23)31(32,33)34/h3-6,11,14-16,18-21H,7-10,12-13,17H2,1-2H3,(H2,35,38)/b14-11+. The molecule has 3 aromatic rings. The van der Waals surface area contributed by atoms with Gasteiger partial charge in [-0.15, -0.1) is 0 Å². The van der Waals surface area contributed by atoms with Crippen LogP contribution in [0.2, 0.25) is 0 Å². The Morgan fingerprint density at radius 3 is 2.54 bits per heavy atom. The van der Waals surface area contributed by atoms with E-state index in [1.54, 1.807) is 12.1 Å². The minimum absolute atomic E-state index is 0.0384. The number of aromatic nitrogens is 2. The predicted molar refractivity (Wildman–Crippen MR) is 147 cm³/mol. The number of hydrogen-bond donors (Lipinski definition) is 1. The Morgan fingerprint density at radius 1 is 1.15 bits per heavy atom. The van der Waals surface area contributed by atoms with Crippen LogP contribution >= 0.6 is 0 Å². The summed E-state index contributed by atoms with van der Waals surface area (Å²) in [5, 5.41) is 4.11. The molecule has 0 radical (unpaired) electrons. The molecule has 0 aliphatic heterocycles. The molecule has 7 nitrogen and oxygen atoms in total. The van der Waals surface area contributed by atoms with E-state index in [4.69, 9.17) is 19.7 Å². The zero-order chi connectivity index (χ0) is 29.1. The Labute approximate surface area is 236 Å². The molecule has 0 unspecified atom stereocenters. The van der Waals surface area contributed by atoms with Crippen LogP contribution in [0.15, 0.2) is 47.1 Å². The summed E-state index contributed by atoms with van der Waals surface area (Å²) < 4.78 is 58.5. The molecule has 2 saturated carbocycles. The highest BCUT2D eigenvalue weighted by atomic mass is 19.4. The number of amides is 1. The van der Waals surface area contributed by atoms with Crippen molar-refractivity contribution in [2.75, 3.05) is 6.61 Å². The van der Waals surface area contributed by atoms with Gasteiger partial charge in [0.25, 0.3) is 5.91 Å². The van der Waals surface area contributed by atoms with Gasteiger partial charge < -0.3 is 19.7 Å². The van der Waals surface area contributed by atoms with Crippen molar-refractivity contribution in [3.63, 3.8) is 0 Å². The first kappa shape index (κ1) is 28.7. The van der Waals surface area contributed by atoms with Gasteiger partial charge in [-0.1, -0.05) is 35.5 Å². The van der Waals surface area contributed by atoms with Gasteiger partial charge in [0.05, 0.1) is 24.5 Å². The van der Waals surface area contributed by atoms with E-state index in [2.05, 4.69) is 16.2 Å². The summed E-state index contributed by atoms with van der Waals surface area (Å²) in [6.45, 7) is 4.21. The molecule has 2 fully saturated rings. The Bertz CT molecular complexity index is 1400. The molecular formula is C31H34F3N3O4. The Morgan fingerprint density at radius 2 is 1.88 bits per heavy atom. The molecule has 2 aliphatic rings. The largest absolute Gasteiger partial charge is 0.492 e. The predicted octanol–water partition coefficient (Wildman–Crippen LogP) is 7.42. The minimum Gasteiger partial charge on any atom is -0.492 e. The molecular weight excluding hydrogens is 535 g/mol. The number of hydrogen-bond acceptors (Lipinski definition) is 6. The highest BCUT2D eigenvalue weighted by Gasteiger charge is 2.37. The van der Waals surface area contributed by atoms with E-state index in [0.29, 0.717) is 41.3 Å². The van der Waals surface area contributed by atoms with Gasteiger partial charge in [0.2, 0.25) is 0 Å². The van der Waals surface area contributed by atoms with Gasteiger partial charge in [0, 0.05) is 23.1 Å². The smallest absolute Gasteiger partial charge is 0.417 e. The molecule has 2 aromatic heterocycles. The lowest BCUT2D eigenvalue weighted by atomic mass is 9.82. The van der Waals surface area contributed by atoms with Crippen LogP contribution in [0.3, 0.4) is 0 Å². The lowest BCUT2D eigenvalue weighted by Gasteiger charge is -2.26. The van der Waals surface area contributed by atoms with Crippen LogP contribution in [-0.4, -0.2) is 28.8 Å². The average molecular weight is 570 g/mol. The van der Waals surface area contributed by atoms with Gasteiger partial charge in [-0.25, -0.2) is 4.98 Å². The van der Waals surface area contributed by atoms with Gasteiger partial charge in [-0.3, -0.25) is 4.79 Å². The van der Waals surface area contributed by atoms with Gasteiger partial charge in [0.15, 0.2) is 11.4 Å². The van der Waals surface area contributed by atoms with Crippen molar-refractivity contribution in [3.05, 3.63) is 65.2 Å². The molecule has 1 amide bonds. The quantitative estimate of drug-likeness (QED) is 0.273. The molecule has 1 aromatic carbocycles. The van der Waals surface area contributed by atoms with Crippen molar-refractivity contribution in [2.45, 2.75) is 70.6 Å². The second kappa shape index (κ2) is 12.0. The van der Waals surface area contributed by atoms with E-state index in [9.17, 15) is 18.0 Å². The van der Waals surface area contributed by atoms with Gasteiger partial charge >= 0.3 is 6.18 Å². The number of pyridine rings is 1. The molecule has 10 heteroatoms. The molecule has 0 bridgehead atoms. The molecule has 218 valence electrons. The molecule has 41 heavy (non-hydrogen) atoms. The Hall–Kier alpha value is -3.82. The third-order valence-corrected chi connectivity index (χ3v) is 7.53. The van der Waals surface area contributed by atoms with Gasteiger partial charge in [-0.05, 0) is 70.3 Å². The van der Waals surface area contributed by atoms with Gasteiger partial charge in [0.1, 0.15) is 17.2 Å². The number of rotatable bonds is 10. The van der Waals surface area contributed by atoms with Crippen molar-refractivity contribution in [1.82, 2.24) is 10.1 Å². The molecule has 2 N–H and O–H groups in total. The fourth-order valence-electron chi connectivity index (χ4n) is 5.27. The van der Waals surface area contributed by atoms with E-state index in [1.165, 1.54) is 18.3 Å². The number of halogens is 3. The normalized spacial score (nSPS) is 19.6. The maximum atomic E-state index is 13.7. The third kappa shape index (κ3) is 6.92. The molecule has 2 aliphatic carbocycles. The molecule has 0 saturated heterocycles. The van der Waals surface area contributed by atoms with E-state index >= 15 is 0 Å². The first-order chi connectivity index (χ1) is 19.6. The summed E-state index contributed by atoms with van der Waals surface area (Å²) in [6, 6.07) is 7.16. The third-order valence-electron chi connectivity index (χ3n) is 7.53. The van der Waals surface area contributed by atoms with Crippen molar-refractivity contribution in [2.24, 2.45) is 17.6 Å². The van der Waals surface area contributed by atoms with Crippen LogP contribution in [0, 0.1) is 11.8 Å². The number of primary amides is 1. The summed E-state index contributed by atoms with van der Waals surface area (Å²) in [5.74, 6) is 1.67. The van der Waals surface area contributed by atoms with Crippen LogP contribution in [0.1, 0.15) is 85.7 Å². The molecule has 2 heterocycles. The summed E-state index contributed by atoms with van der Waals surface area (Å²) in [7, 11) is 0. The topological polar surface area (TPSA) is 100 Å². The van der Waals surface area contributed by atoms with Crippen molar-refractivity contribution < 1.29 is 32.0 Å². The van der Waals surface area contributed by atoms with Crippen molar-refractivity contribution in [1.29, 1.82) is 0 Å². The van der Waals surface area contributed by atoms with E-state index in [1.807, 2.05) is 19.9 Å². The highest BCUT2D eigenvalue weighted by Crippen LogP contribution is 2.46. The lowest BCUT2D eigenvalue weighted by molar-refractivity contribution is -0.137. The summed E-state index contributed by atoms with van der Waals surface area (Å²) in [6.07, 6.45) is 6.51. The average Bonchev–Trinajstić information content (AvgIpc) is 3.69. The monoisotopic (exact) mass is 569 g/mol. The van der Waals surface area contributed by atoms with Crippen LogP contribution in [0.4, 0.5) is 13.2 Å². The number of benzene rings is 1. The Balaban J connectivity index is 1.23. The number of ether oxygens (including phenoxy) is 2. The number of allylic oxidation sites excluding steroid dienone is 1. The number of alkyl halides is 3. The number of carbonyl (C=O) groups excluding carboxylic acids is 1. The van der Waals surface area contributed by atoms with Crippen molar-refractivity contribution in [3.8, 4) is 22.8 Å². The minimum atomic E-state index is -4.49. The molecule has 5 rings (SSSR count). The number of carbonyl (C=O) groups is 1. The molecule has 0 spiro atoms. The fourth-order valence-corrected chi connectivity index (χ4v) is 5.27. The van der Waals surface area contributed by atoms with Crippen LogP contribution in [-0.2, 0) is 6.18 Å². The van der Waals surface area contributed by atoms with E-state index < -0.39 is 17.6 Å². The van der Waals surface area contributed by atoms with Crippen LogP contribution in [0.5, 0.6) is 11.5 Å². The number of nitrogens with two attached hydrogens (primary N) is 1. The summed E-state index contributed by atoms with van der Waals surface area (Å²) >= 11 is 0. The van der Waals surface area contributed by atoms with Crippen LogP contribution < -0.4 is 15.2 Å². The van der Waals surface area contributed by atoms with Crippen LogP contribution in [0.25, 0.3) is 17.3 Å². The van der Waals surface area contributed by atoms with E-state index in [-0.39, 0.29) is 29.0 Å². The van der Waals surface area contributed by atoms with E-state index in [0.717, 1.165) is 44.6 Å². The number of nitrogens with zero attached hydrogens (tertiary/aromatic N) is 2. The second-order valence-corrected chi connectivity index (χ2v) is 11.1. The maximum Gasteiger partial charge on any atom is 0.417 e. The summed E-state index contributed by atoms with van der Waals surface area (Å²) in [4.78, 5) is 15.8. The zero-order valence-corrected chi connectivity index (χ0v) is 23.1. The SMILES string of the molecule is CC(C)Oc1cc(OCC2CCC(/C=C/c3c(-c4ccccc4C(F)(F)F)noc3C3CC3)CC2)cnc1C(N)=O. The fraction of sp³-hybridized carbons (Fsp3) is 0.452. The lowest BCUT2D eigenvalue weighted by Crippen LogP contribution is -2.20. The Kier molecular flexibility index (Phi) is 8.37. The maximum absolute atomic E-state index is 13.7. The zero-order valence-electron chi connectivity index (χ0n) is 23.1. The van der Waals surface area contributed by atoms with Crippen molar-refractivity contribution >= 4 is 12.0 Å². The molecule has 0 atom stereocenters. The highest BCUT2D eigenvalue weighted by molar-refractivity contribution is 5.93.